The number of amides is 2. The summed E-state index contributed by atoms with van der Waals surface area (Å²) in [5.41, 5.74) is 2.53. The number of hydrogen-bond acceptors (Lipinski definition) is 5. The molecule has 0 atom stereocenters. The van der Waals surface area contributed by atoms with Crippen LogP contribution in [0.2, 0.25) is 5.02 Å². The van der Waals surface area contributed by atoms with Gasteiger partial charge in [-0.25, -0.2) is 14.2 Å². The molecule has 2 heterocycles. The Morgan fingerprint density at radius 2 is 2.00 bits per heavy atom. The lowest BCUT2D eigenvalue weighted by Gasteiger charge is -2.36. The summed E-state index contributed by atoms with van der Waals surface area (Å²) < 4.78 is 24.4. The van der Waals surface area contributed by atoms with Crippen molar-refractivity contribution in [1.82, 2.24) is 15.2 Å². The SMILES string of the molecule is COc1cc(N2CCN(C(=O)NCc3ccc(F)cc3Cl)CC2)ccc1-c1cnc(C)o1. The second-order valence-corrected chi connectivity index (χ2v) is 7.90. The lowest BCUT2D eigenvalue weighted by molar-refractivity contribution is 0.194. The number of urea groups is 1. The summed E-state index contributed by atoms with van der Waals surface area (Å²) in [6.45, 7) is 4.58. The summed E-state index contributed by atoms with van der Waals surface area (Å²) in [5.74, 6) is 1.56. The van der Waals surface area contributed by atoms with Gasteiger partial charge in [-0.2, -0.15) is 0 Å². The molecule has 0 unspecified atom stereocenters. The number of rotatable bonds is 5. The highest BCUT2D eigenvalue weighted by molar-refractivity contribution is 6.31. The van der Waals surface area contributed by atoms with Crippen LogP contribution >= 0.6 is 11.6 Å². The van der Waals surface area contributed by atoms with Crippen LogP contribution in [0.5, 0.6) is 5.75 Å². The second-order valence-electron chi connectivity index (χ2n) is 7.50. The maximum Gasteiger partial charge on any atom is 0.317 e. The third kappa shape index (κ3) is 4.80. The first-order valence-electron chi connectivity index (χ1n) is 10.3. The Balaban J connectivity index is 1.35. The van der Waals surface area contributed by atoms with E-state index in [1.165, 1.54) is 12.1 Å². The van der Waals surface area contributed by atoms with Crippen LogP contribution in [0.25, 0.3) is 11.3 Å². The van der Waals surface area contributed by atoms with E-state index in [4.69, 9.17) is 20.8 Å². The molecule has 0 aliphatic carbocycles. The molecule has 2 amide bonds. The zero-order chi connectivity index (χ0) is 22.7. The van der Waals surface area contributed by atoms with Crippen molar-refractivity contribution in [3.8, 4) is 17.1 Å². The molecule has 9 heteroatoms. The summed E-state index contributed by atoms with van der Waals surface area (Å²) in [7, 11) is 1.63. The van der Waals surface area contributed by atoms with Crippen molar-refractivity contribution >= 4 is 23.3 Å². The van der Waals surface area contributed by atoms with Crippen molar-refractivity contribution in [1.29, 1.82) is 0 Å². The van der Waals surface area contributed by atoms with Crippen molar-refractivity contribution in [2.45, 2.75) is 13.5 Å². The van der Waals surface area contributed by atoms with Crippen LogP contribution in [0.1, 0.15) is 11.5 Å². The number of hydrogen-bond donors (Lipinski definition) is 1. The fourth-order valence-electron chi connectivity index (χ4n) is 3.68. The summed E-state index contributed by atoms with van der Waals surface area (Å²) in [4.78, 5) is 20.7. The molecule has 1 aromatic heterocycles. The first-order chi connectivity index (χ1) is 15.4. The molecule has 4 rings (SSSR count). The minimum Gasteiger partial charge on any atom is -0.496 e. The first kappa shape index (κ1) is 22.0. The summed E-state index contributed by atoms with van der Waals surface area (Å²) in [5, 5.41) is 3.15. The van der Waals surface area contributed by atoms with Crippen molar-refractivity contribution < 1.29 is 18.3 Å². The highest BCUT2D eigenvalue weighted by atomic mass is 35.5. The molecule has 168 valence electrons. The second kappa shape index (κ2) is 9.48. The van der Waals surface area contributed by atoms with Gasteiger partial charge in [0.15, 0.2) is 11.7 Å². The highest BCUT2D eigenvalue weighted by Crippen LogP contribution is 2.34. The quantitative estimate of drug-likeness (QED) is 0.610. The Hall–Kier alpha value is -3.26. The van der Waals surface area contributed by atoms with E-state index < -0.39 is 5.82 Å². The monoisotopic (exact) mass is 458 g/mol. The van der Waals surface area contributed by atoms with Crippen LogP contribution in [0.15, 0.2) is 47.0 Å². The number of oxazole rings is 1. The molecule has 0 spiro atoms. The van der Waals surface area contributed by atoms with Gasteiger partial charge in [-0.15, -0.1) is 0 Å². The van der Waals surface area contributed by atoms with Gasteiger partial charge in [0.25, 0.3) is 0 Å². The number of benzene rings is 2. The van der Waals surface area contributed by atoms with Crippen molar-refractivity contribution in [3.05, 3.63) is 64.9 Å². The molecule has 0 radical (unpaired) electrons. The van der Waals surface area contributed by atoms with E-state index in [2.05, 4.69) is 15.2 Å². The van der Waals surface area contributed by atoms with Gasteiger partial charge in [-0.05, 0) is 29.8 Å². The van der Waals surface area contributed by atoms with Gasteiger partial charge in [0.05, 0.1) is 18.9 Å². The lowest BCUT2D eigenvalue weighted by atomic mass is 10.1. The smallest absolute Gasteiger partial charge is 0.317 e. The zero-order valence-electron chi connectivity index (χ0n) is 17.9. The van der Waals surface area contributed by atoms with Gasteiger partial charge in [-0.3, -0.25) is 0 Å². The molecule has 0 saturated carbocycles. The first-order valence-corrected chi connectivity index (χ1v) is 10.6. The molecule has 2 aromatic carbocycles. The van der Waals surface area contributed by atoms with Crippen LogP contribution in [-0.4, -0.2) is 49.2 Å². The normalized spacial score (nSPS) is 13.9. The molecule has 3 aromatic rings. The van der Waals surface area contributed by atoms with Crippen molar-refractivity contribution in [2.75, 3.05) is 38.2 Å². The number of nitrogens with zero attached hydrogens (tertiary/aromatic N) is 3. The van der Waals surface area contributed by atoms with Crippen molar-refractivity contribution in [3.63, 3.8) is 0 Å². The number of aryl methyl sites for hydroxylation is 1. The van der Waals surface area contributed by atoms with Gasteiger partial charge in [0.1, 0.15) is 11.6 Å². The van der Waals surface area contributed by atoms with Gasteiger partial charge in [-0.1, -0.05) is 17.7 Å². The lowest BCUT2D eigenvalue weighted by Crippen LogP contribution is -2.51. The van der Waals surface area contributed by atoms with E-state index in [1.807, 2.05) is 18.2 Å². The number of carbonyl (C=O) groups is 1. The van der Waals surface area contributed by atoms with E-state index in [0.717, 1.165) is 11.3 Å². The topological polar surface area (TPSA) is 70.8 Å². The predicted octanol–water partition coefficient (Wildman–Crippen LogP) is 4.48. The summed E-state index contributed by atoms with van der Waals surface area (Å²) in [6.07, 6.45) is 1.68. The van der Waals surface area contributed by atoms with E-state index in [-0.39, 0.29) is 12.6 Å². The molecule has 7 nitrogen and oxygen atoms in total. The number of halogens is 2. The van der Waals surface area contributed by atoms with E-state index >= 15 is 0 Å². The molecule has 0 bridgehead atoms. The van der Waals surface area contributed by atoms with E-state index in [9.17, 15) is 9.18 Å². The zero-order valence-corrected chi connectivity index (χ0v) is 18.7. The highest BCUT2D eigenvalue weighted by Gasteiger charge is 2.22. The number of carbonyl (C=O) groups excluding carboxylic acids is 1. The molecule has 1 aliphatic rings. The molecule has 1 N–H and O–H groups in total. The number of aromatic nitrogens is 1. The number of piperazine rings is 1. The molecule has 32 heavy (non-hydrogen) atoms. The van der Waals surface area contributed by atoms with Crippen LogP contribution in [-0.2, 0) is 6.54 Å². The van der Waals surface area contributed by atoms with E-state index in [0.29, 0.717) is 54.2 Å². The summed E-state index contributed by atoms with van der Waals surface area (Å²) in [6, 6.07) is 9.92. The van der Waals surface area contributed by atoms with E-state index in [1.54, 1.807) is 31.2 Å². The minimum atomic E-state index is -0.401. The largest absolute Gasteiger partial charge is 0.496 e. The maximum atomic E-state index is 13.2. The molecule has 1 saturated heterocycles. The Bertz CT molecular complexity index is 1110. The third-order valence-corrected chi connectivity index (χ3v) is 5.80. The molecular weight excluding hydrogens is 435 g/mol. The maximum absolute atomic E-state index is 13.2. The Labute approximate surface area is 190 Å². The summed E-state index contributed by atoms with van der Waals surface area (Å²) >= 11 is 6.03. The molecular formula is C23H24ClFN4O3. The van der Waals surface area contributed by atoms with Gasteiger partial charge >= 0.3 is 6.03 Å². The Morgan fingerprint density at radius 1 is 1.22 bits per heavy atom. The van der Waals surface area contributed by atoms with Crippen LogP contribution in [0.3, 0.4) is 0 Å². The van der Waals surface area contributed by atoms with Gasteiger partial charge in [0.2, 0.25) is 0 Å². The fourth-order valence-corrected chi connectivity index (χ4v) is 3.92. The predicted molar refractivity (Wildman–Crippen MR) is 121 cm³/mol. The van der Waals surface area contributed by atoms with Crippen LogP contribution < -0.4 is 15.0 Å². The number of nitrogens with one attached hydrogen (secondary N) is 1. The number of methoxy groups -OCH3 is 1. The van der Waals surface area contributed by atoms with Gasteiger partial charge < -0.3 is 24.3 Å². The Kier molecular flexibility index (Phi) is 6.50. The average molecular weight is 459 g/mol. The Morgan fingerprint density at radius 3 is 2.66 bits per heavy atom. The number of ether oxygens (including phenoxy) is 1. The number of anilines is 1. The minimum absolute atomic E-state index is 0.168. The third-order valence-electron chi connectivity index (χ3n) is 5.45. The van der Waals surface area contributed by atoms with Gasteiger partial charge in [0, 0.05) is 56.4 Å². The van der Waals surface area contributed by atoms with Crippen LogP contribution in [0, 0.1) is 12.7 Å². The van der Waals surface area contributed by atoms with Crippen LogP contribution in [0.4, 0.5) is 14.9 Å². The standard InChI is InChI=1S/C23H24ClFN4O3/c1-15-26-14-22(32-15)19-6-5-18(12-21(19)31-2)28-7-9-29(10-8-28)23(30)27-13-16-3-4-17(25)11-20(16)24/h3-6,11-12,14H,7-10,13H2,1-2H3,(H,27,30). The molecule has 1 aliphatic heterocycles. The fraction of sp³-hybridized carbons (Fsp3) is 0.304. The van der Waals surface area contributed by atoms with Crippen molar-refractivity contribution in [2.24, 2.45) is 0 Å². The molecule has 1 fully saturated rings. The average Bonchev–Trinajstić information content (AvgIpc) is 3.24.